The van der Waals surface area contributed by atoms with Gasteiger partial charge in [-0.15, -0.1) is 11.1 Å². The van der Waals surface area contributed by atoms with Crippen LogP contribution >= 0.6 is 11.1 Å². The van der Waals surface area contributed by atoms with E-state index in [1.165, 1.54) is 0 Å². The molecule has 80 valence electrons. The van der Waals surface area contributed by atoms with Crippen molar-refractivity contribution in [2.45, 2.75) is 45.8 Å². The molecule has 0 unspecified atom stereocenters. The van der Waals surface area contributed by atoms with Gasteiger partial charge in [-0.2, -0.15) is 0 Å². The molecule has 0 aromatic rings. The first kappa shape index (κ1) is 13.9. The van der Waals surface area contributed by atoms with Crippen molar-refractivity contribution in [3.05, 3.63) is 0 Å². The van der Waals surface area contributed by atoms with E-state index in [2.05, 4.69) is 55.1 Å². The summed E-state index contributed by atoms with van der Waals surface area (Å²) >= 11 is 6.28. The molecule has 0 aliphatic heterocycles. The first-order valence-corrected chi connectivity index (χ1v) is 15.2. The van der Waals surface area contributed by atoms with Crippen molar-refractivity contribution in [2.75, 3.05) is 0 Å². The fourth-order valence-corrected chi connectivity index (χ4v) is 18.1. The van der Waals surface area contributed by atoms with E-state index >= 15 is 0 Å². The molecule has 6 heteroatoms. The zero-order chi connectivity index (χ0) is 10.9. The lowest BCUT2D eigenvalue weighted by molar-refractivity contribution is 1.19. The monoisotopic (exact) mass is 254 g/mol. The van der Waals surface area contributed by atoms with Crippen molar-refractivity contribution in [3.63, 3.8) is 0 Å². The summed E-state index contributed by atoms with van der Waals surface area (Å²) in [5, 5.41) is 0. The van der Waals surface area contributed by atoms with E-state index in [-0.39, 0.29) is 0 Å². The minimum Gasteiger partial charge on any atom is -0.348 e. The number of nitrogens with one attached hydrogen (secondary N) is 2. The summed E-state index contributed by atoms with van der Waals surface area (Å²) in [5.74, 6) is 0. The van der Waals surface area contributed by atoms with Crippen molar-refractivity contribution in [1.29, 1.82) is 0 Å². The van der Waals surface area contributed by atoms with Gasteiger partial charge < -0.3 is 9.30 Å². The lowest BCUT2D eigenvalue weighted by Gasteiger charge is -2.36. The Balaban J connectivity index is 4.25. The average Bonchev–Trinajstić information content (AvgIpc) is 1.43. The molecule has 0 aromatic carbocycles. The van der Waals surface area contributed by atoms with Gasteiger partial charge in [0.15, 0.2) is 8.40 Å². The zero-order valence-electron chi connectivity index (χ0n) is 9.88. The highest BCUT2D eigenvalue weighted by Crippen LogP contribution is 2.09. The molecule has 0 aliphatic rings. The standard InChI is InChI=1S/C7H23ClN2Si3/c1-11(2,3)9-13(6,7)10-12(4,5)8/h9-10H,1-7H3. The van der Waals surface area contributed by atoms with Gasteiger partial charge in [0, 0.05) is 0 Å². The van der Waals surface area contributed by atoms with Crippen molar-refractivity contribution in [3.8, 4) is 0 Å². The summed E-state index contributed by atoms with van der Waals surface area (Å²) in [7, 11) is -4.31. The second-order valence-corrected chi connectivity index (χ2v) is 21.1. The van der Waals surface area contributed by atoms with Crippen LogP contribution in [-0.2, 0) is 0 Å². The summed E-state index contributed by atoms with van der Waals surface area (Å²) in [5.41, 5.74) is 0. The Labute approximate surface area is 90.5 Å². The molecule has 0 heterocycles. The van der Waals surface area contributed by atoms with E-state index in [1.54, 1.807) is 0 Å². The van der Waals surface area contributed by atoms with Crippen LogP contribution in [0, 0.1) is 0 Å². The van der Waals surface area contributed by atoms with Crippen molar-refractivity contribution < 1.29 is 0 Å². The van der Waals surface area contributed by atoms with E-state index in [4.69, 9.17) is 11.1 Å². The van der Waals surface area contributed by atoms with Gasteiger partial charge in [-0.25, -0.2) is 0 Å². The second-order valence-electron chi connectivity index (χ2n) is 5.60. The molecule has 2 N–H and O–H groups in total. The van der Waals surface area contributed by atoms with Crippen LogP contribution in [0.1, 0.15) is 0 Å². The van der Waals surface area contributed by atoms with E-state index in [0.29, 0.717) is 0 Å². The van der Waals surface area contributed by atoms with Gasteiger partial charge in [0.25, 0.3) is 0 Å². The summed E-state index contributed by atoms with van der Waals surface area (Å²) in [6.45, 7) is 15.8. The predicted molar refractivity (Wildman–Crippen MR) is 70.4 cm³/mol. The van der Waals surface area contributed by atoms with Crippen LogP contribution in [0.15, 0.2) is 0 Å². The molecule has 0 atom stereocenters. The van der Waals surface area contributed by atoms with Gasteiger partial charge in [0.2, 0.25) is 7.55 Å². The maximum Gasteiger partial charge on any atom is 0.215 e. The molecule has 2 nitrogen and oxygen atoms in total. The largest absolute Gasteiger partial charge is 0.348 e. The second kappa shape index (κ2) is 4.16. The minimum atomic E-state index is -1.65. The van der Waals surface area contributed by atoms with Gasteiger partial charge in [0.1, 0.15) is 8.24 Å². The molecule has 0 spiro atoms. The maximum atomic E-state index is 6.28. The Morgan fingerprint density at radius 2 is 1.15 bits per heavy atom. The van der Waals surface area contributed by atoms with E-state index < -0.39 is 24.2 Å². The van der Waals surface area contributed by atoms with Crippen LogP contribution in [0.4, 0.5) is 0 Å². The SMILES string of the molecule is C[Si](C)(C)N[Si](C)(C)N[Si](C)(C)Cl. The lowest BCUT2D eigenvalue weighted by Crippen LogP contribution is -2.70. The molecule has 0 rings (SSSR count). The van der Waals surface area contributed by atoms with Crippen molar-refractivity contribution in [1.82, 2.24) is 9.30 Å². The lowest BCUT2D eigenvalue weighted by atomic mass is 11.8. The third-order valence-corrected chi connectivity index (χ3v) is 12.5. The summed E-state index contributed by atoms with van der Waals surface area (Å²) in [6.07, 6.45) is 0. The Morgan fingerprint density at radius 3 is 1.38 bits per heavy atom. The Hall–Kier alpha value is 0.861. The van der Waals surface area contributed by atoms with Gasteiger partial charge >= 0.3 is 0 Å². The van der Waals surface area contributed by atoms with Crippen LogP contribution in [0.5, 0.6) is 0 Å². The van der Waals surface area contributed by atoms with Gasteiger partial charge in [-0.3, -0.25) is 0 Å². The summed E-state index contributed by atoms with van der Waals surface area (Å²) < 4.78 is 7.39. The number of rotatable bonds is 4. The minimum absolute atomic E-state index is 1.18. The van der Waals surface area contributed by atoms with Crippen LogP contribution in [-0.4, -0.2) is 24.2 Å². The van der Waals surface area contributed by atoms with E-state index in [0.717, 1.165) is 0 Å². The Morgan fingerprint density at radius 1 is 0.769 bits per heavy atom. The van der Waals surface area contributed by atoms with E-state index in [1.807, 2.05) is 0 Å². The molecule has 13 heavy (non-hydrogen) atoms. The number of hydrogen-bond donors (Lipinski definition) is 2. The maximum absolute atomic E-state index is 6.28. The molecule has 0 bridgehead atoms. The molecule has 0 radical (unpaired) electrons. The van der Waals surface area contributed by atoms with Gasteiger partial charge in [0.05, 0.1) is 0 Å². The fraction of sp³-hybridized carbons (Fsp3) is 1.00. The average molecular weight is 255 g/mol. The van der Waals surface area contributed by atoms with E-state index in [9.17, 15) is 0 Å². The fourth-order valence-electron chi connectivity index (χ4n) is 1.71. The van der Waals surface area contributed by atoms with Crippen LogP contribution < -0.4 is 9.30 Å². The number of hydrogen-bond acceptors (Lipinski definition) is 2. The zero-order valence-corrected chi connectivity index (χ0v) is 13.6. The summed E-state index contributed by atoms with van der Waals surface area (Å²) in [4.78, 5) is 0. The molecular weight excluding hydrogens is 232 g/mol. The number of halogens is 1. The first-order chi connectivity index (χ1) is 5.41. The topological polar surface area (TPSA) is 24.1 Å². The smallest absolute Gasteiger partial charge is 0.215 e. The van der Waals surface area contributed by atoms with Gasteiger partial charge in [-0.1, -0.05) is 19.6 Å². The molecule has 0 fully saturated rings. The molecule has 0 saturated carbocycles. The van der Waals surface area contributed by atoms with Crippen LogP contribution in [0.3, 0.4) is 0 Å². The van der Waals surface area contributed by atoms with Crippen LogP contribution in [0.2, 0.25) is 45.8 Å². The predicted octanol–water partition coefficient (Wildman–Crippen LogP) is 2.64. The van der Waals surface area contributed by atoms with Crippen LogP contribution in [0.25, 0.3) is 0 Å². The molecular formula is C7H23ClN2Si3. The Kier molecular flexibility index (Phi) is 4.43. The highest BCUT2D eigenvalue weighted by Gasteiger charge is 2.33. The normalized spacial score (nSPS) is 14.8. The van der Waals surface area contributed by atoms with Gasteiger partial charge in [-0.05, 0) is 26.2 Å². The third-order valence-electron chi connectivity index (χ3n) is 1.30. The Bertz CT molecular complexity index is 154. The summed E-state index contributed by atoms with van der Waals surface area (Å²) in [6, 6.07) is 0. The first-order valence-electron chi connectivity index (χ1n) is 4.69. The molecule has 0 saturated heterocycles. The molecule has 0 aromatic heterocycles. The molecule has 0 amide bonds. The van der Waals surface area contributed by atoms with Crippen molar-refractivity contribution in [2.24, 2.45) is 0 Å². The highest BCUT2D eigenvalue weighted by atomic mass is 35.6. The highest BCUT2D eigenvalue weighted by molar-refractivity contribution is 7.21. The van der Waals surface area contributed by atoms with Crippen molar-refractivity contribution >= 4 is 35.3 Å². The third kappa shape index (κ3) is 9.17. The molecule has 0 aliphatic carbocycles. The quantitative estimate of drug-likeness (QED) is 0.596.